The van der Waals surface area contributed by atoms with Crippen LogP contribution in [0.3, 0.4) is 0 Å². The number of allylic oxidation sites excluding steroid dienone is 2. The number of nitrogens with one attached hydrogen (secondary N) is 1. The number of benzene rings is 1. The number of thiazole rings is 2. The molecule has 0 atom stereocenters. The minimum atomic E-state index is -0.185. The average molecular weight is 451 g/mol. The van der Waals surface area contributed by atoms with Crippen LogP contribution in [0.4, 0.5) is 5.13 Å². The smallest absolute Gasteiger partial charge is 0.291 e. The van der Waals surface area contributed by atoms with Gasteiger partial charge in [0.1, 0.15) is 10.5 Å². The number of para-hydroxylation sites is 1. The van der Waals surface area contributed by atoms with Crippen molar-refractivity contribution in [1.82, 2.24) is 24.3 Å². The molecule has 156 valence electrons. The van der Waals surface area contributed by atoms with Gasteiger partial charge < -0.3 is 21.4 Å². The quantitative estimate of drug-likeness (QED) is 0.351. The van der Waals surface area contributed by atoms with E-state index in [0.717, 1.165) is 42.7 Å². The molecule has 5 N–H and O–H groups in total. The zero-order chi connectivity index (χ0) is 21.7. The Balaban J connectivity index is 1.59. The third-order valence-electron chi connectivity index (χ3n) is 5.06. The topological polar surface area (TPSA) is 141 Å². The van der Waals surface area contributed by atoms with Gasteiger partial charge in [-0.2, -0.15) is 5.10 Å². The fraction of sp³-hybridized carbons (Fsp3) is 0.150. The monoisotopic (exact) mass is 450 g/mol. The van der Waals surface area contributed by atoms with Crippen molar-refractivity contribution >= 4 is 65.5 Å². The van der Waals surface area contributed by atoms with Crippen LogP contribution in [-0.4, -0.2) is 30.5 Å². The van der Waals surface area contributed by atoms with Crippen molar-refractivity contribution in [1.29, 1.82) is 5.41 Å². The number of hydrogen-bond acceptors (Lipinski definition) is 9. The third kappa shape index (κ3) is 3.18. The van der Waals surface area contributed by atoms with Crippen LogP contribution in [0.5, 0.6) is 0 Å². The molecule has 0 radical (unpaired) electrons. The van der Waals surface area contributed by atoms with Gasteiger partial charge in [-0.3, -0.25) is 4.79 Å². The van der Waals surface area contributed by atoms with Crippen LogP contribution in [-0.2, 0) is 20.0 Å². The highest BCUT2D eigenvalue weighted by molar-refractivity contribution is 7.22. The highest BCUT2D eigenvalue weighted by Gasteiger charge is 2.19. The van der Waals surface area contributed by atoms with Crippen LogP contribution in [0.2, 0.25) is 0 Å². The molecule has 0 aliphatic carbocycles. The lowest BCUT2D eigenvalue weighted by molar-refractivity contribution is 0.646. The lowest BCUT2D eigenvalue weighted by Gasteiger charge is -2.06. The van der Waals surface area contributed by atoms with E-state index in [2.05, 4.69) is 15.1 Å². The Hall–Kier alpha value is -3.57. The van der Waals surface area contributed by atoms with E-state index < -0.39 is 0 Å². The Labute approximate surface area is 183 Å². The molecule has 4 aromatic heterocycles. The molecule has 0 unspecified atom stereocenters. The number of nitrogens with zero attached hydrogens (tertiary/aromatic N) is 5. The first-order valence-electron chi connectivity index (χ1n) is 9.39. The summed E-state index contributed by atoms with van der Waals surface area (Å²) in [5, 5.41) is 13.7. The molecule has 1 aromatic carbocycles. The normalized spacial score (nSPS) is 12.4. The van der Waals surface area contributed by atoms with Crippen molar-refractivity contribution in [2.24, 2.45) is 12.8 Å². The Morgan fingerprint density at radius 1 is 1.29 bits per heavy atom. The standard InChI is InChI=1S/C20H18N8OS2/c1-27-16-12(17-18(27)25-14(31-17)7-11(22)5-6-21)8-24-28(19(16)29)9-10-3-2-4-13-15(10)26-20(23)30-13/h2-6,8,21H,7,9,22H2,1H3,(H2,23,26). The van der Waals surface area contributed by atoms with Crippen molar-refractivity contribution in [2.75, 3.05) is 5.73 Å². The first kappa shape index (κ1) is 19.4. The first-order valence-corrected chi connectivity index (χ1v) is 11.0. The third-order valence-corrected chi connectivity index (χ3v) is 6.99. The minimum Gasteiger partial charge on any atom is -0.402 e. The van der Waals surface area contributed by atoms with Crippen LogP contribution in [0.15, 0.2) is 41.0 Å². The van der Waals surface area contributed by atoms with E-state index in [-0.39, 0.29) is 5.56 Å². The van der Waals surface area contributed by atoms with Gasteiger partial charge in [-0.25, -0.2) is 14.6 Å². The average Bonchev–Trinajstić information content (AvgIpc) is 3.38. The number of aryl methyl sites for hydroxylation is 1. The van der Waals surface area contributed by atoms with Crippen LogP contribution in [0.25, 0.3) is 31.5 Å². The van der Waals surface area contributed by atoms with E-state index in [9.17, 15) is 4.79 Å². The summed E-state index contributed by atoms with van der Waals surface area (Å²) in [4.78, 5) is 22.3. The number of rotatable bonds is 5. The lowest BCUT2D eigenvalue weighted by atomic mass is 10.2. The zero-order valence-corrected chi connectivity index (χ0v) is 18.1. The summed E-state index contributed by atoms with van der Waals surface area (Å²) in [6.45, 7) is 0.303. The van der Waals surface area contributed by atoms with E-state index in [4.69, 9.17) is 16.9 Å². The number of anilines is 1. The second-order valence-electron chi connectivity index (χ2n) is 7.09. The van der Waals surface area contributed by atoms with Gasteiger partial charge in [0.05, 0.1) is 27.7 Å². The molecule has 5 rings (SSSR count). The van der Waals surface area contributed by atoms with Gasteiger partial charge in [0.25, 0.3) is 5.56 Å². The van der Waals surface area contributed by atoms with E-state index >= 15 is 0 Å². The second kappa shape index (κ2) is 7.29. The van der Waals surface area contributed by atoms with Crippen molar-refractivity contribution in [2.45, 2.75) is 13.0 Å². The second-order valence-corrected chi connectivity index (χ2v) is 9.24. The van der Waals surface area contributed by atoms with Crippen LogP contribution in [0, 0.1) is 5.41 Å². The summed E-state index contributed by atoms with van der Waals surface area (Å²) in [5.41, 5.74) is 15.1. The van der Waals surface area contributed by atoms with E-state index in [1.807, 2.05) is 29.8 Å². The van der Waals surface area contributed by atoms with Gasteiger partial charge in [-0.1, -0.05) is 23.5 Å². The first-order chi connectivity index (χ1) is 15.0. The molecular weight excluding hydrogens is 432 g/mol. The van der Waals surface area contributed by atoms with Gasteiger partial charge in [-0.15, -0.1) is 11.3 Å². The van der Waals surface area contributed by atoms with E-state index in [1.165, 1.54) is 27.4 Å². The summed E-state index contributed by atoms with van der Waals surface area (Å²) in [7, 11) is 1.83. The fourth-order valence-corrected chi connectivity index (χ4v) is 5.60. The maximum atomic E-state index is 13.3. The molecular formula is C20H18N8OS2. The van der Waals surface area contributed by atoms with Crippen molar-refractivity contribution < 1.29 is 0 Å². The minimum absolute atomic E-state index is 0.185. The molecule has 0 saturated carbocycles. The summed E-state index contributed by atoms with van der Waals surface area (Å²) >= 11 is 2.91. The molecule has 0 bridgehead atoms. The largest absolute Gasteiger partial charge is 0.402 e. The summed E-state index contributed by atoms with van der Waals surface area (Å²) in [6, 6.07) is 5.83. The van der Waals surface area contributed by atoms with Crippen LogP contribution < -0.4 is 17.0 Å². The van der Waals surface area contributed by atoms with Crippen molar-refractivity contribution in [3.8, 4) is 0 Å². The summed E-state index contributed by atoms with van der Waals surface area (Å²) in [5.74, 6) is 0. The van der Waals surface area contributed by atoms with Gasteiger partial charge in [0.2, 0.25) is 0 Å². The van der Waals surface area contributed by atoms with E-state index in [0.29, 0.717) is 29.3 Å². The van der Waals surface area contributed by atoms with Crippen LogP contribution in [0.1, 0.15) is 10.6 Å². The van der Waals surface area contributed by atoms with Crippen molar-refractivity contribution in [3.05, 3.63) is 57.1 Å². The number of fused-ring (bicyclic) bond motifs is 4. The molecule has 0 saturated heterocycles. The summed E-state index contributed by atoms with van der Waals surface area (Å²) in [6.07, 6.45) is 4.88. The van der Waals surface area contributed by atoms with Gasteiger partial charge in [0, 0.05) is 36.3 Å². The van der Waals surface area contributed by atoms with Gasteiger partial charge in [-0.05, 0) is 12.1 Å². The SMILES string of the molecule is Cn1c2nc(CC(N)=CC=N)sc2c2cnn(Cc3cccc4sc(N)nc34)c(=O)c21. The fourth-order valence-electron chi connectivity index (χ4n) is 3.67. The number of aromatic nitrogens is 5. The predicted octanol–water partition coefficient (Wildman–Crippen LogP) is 2.62. The Morgan fingerprint density at radius 3 is 2.94 bits per heavy atom. The number of hydrogen-bond donors (Lipinski definition) is 3. The molecule has 31 heavy (non-hydrogen) atoms. The molecule has 0 fully saturated rings. The molecule has 4 heterocycles. The number of nitrogens with two attached hydrogens (primary N) is 2. The number of nitrogen functional groups attached to an aromatic ring is 1. The zero-order valence-electron chi connectivity index (χ0n) is 16.5. The molecule has 9 nitrogen and oxygen atoms in total. The summed E-state index contributed by atoms with van der Waals surface area (Å²) < 4.78 is 5.14. The van der Waals surface area contributed by atoms with Gasteiger partial charge >= 0.3 is 0 Å². The Kier molecular flexibility index (Phi) is 4.56. The predicted molar refractivity (Wildman–Crippen MR) is 126 cm³/mol. The van der Waals surface area contributed by atoms with E-state index in [1.54, 1.807) is 12.3 Å². The maximum Gasteiger partial charge on any atom is 0.291 e. The van der Waals surface area contributed by atoms with Gasteiger partial charge in [0.15, 0.2) is 10.8 Å². The highest BCUT2D eigenvalue weighted by Crippen LogP contribution is 2.31. The van der Waals surface area contributed by atoms with Crippen molar-refractivity contribution in [3.63, 3.8) is 0 Å². The highest BCUT2D eigenvalue weighted by atomic mass is 32.1. The molecule has 0 aliphatic heterocycles. The Bertz CT molecular complexity index is 1570. The Morgan fingerprint density at radius 2 is 2.13 bits per heavy atom. The maximum absolute atomic E-state index is 13.3. The molecule has 11 heteroatoms. The molecule has 5 aromatic rings. The lowest BCUT2D eigenvalue weighted by Crippen LogP contribution is -2.24. The molecule has 0 aliphatic rings. The molecule has 0 spiro atoms. The molecule has 0 amide bonds. The van der Waals surface area contributed by atoms with Crippen LogP contribution >= 0.6 is 22.7 Å².